The Hall–Kier alpha value is -3.16. The fourth-order valence-electron chi connectivity index (χ4n) is 3.31. The van der Waals surface area contributed by atoms with Gasteiger partial charge in [-0.25, -0.2) is 9.59 Å². The molecule has 0 atom stereocenters. The molecule has 0 aromatic heterocycles. The van der Waals surface area contributed by atoms with Crippen LogP contribution in [-0.4, -0.2) is 46.5 Å². The van der Waals surface area contributed by atoms with E-state index in [0.29, 0.717) is 11.3 Å². The van der Waals surface area contributed by atoms with E-state index in [4.69, 9.17) is 9.84 Å². The van der Waals surface area contributed by atoms with Crippen LogP contribution >= 0.6 is 0 Å². The monoisotopic (exact) mass is 372 g/mol. The van der Waals surface area contributed by atoms with Crippen molar-refractivity contribution in [2.45, 2.75) is 38.1 Å². The highest BCUT2D eigenvalue weighted by atomic mass is 16.5. The molecule has 1 saturated heterocycles. The van der Waals surface area contributed by atoms with Crippen molar-refractivity contribution in [3.63, 3.8) is 0 Å². The van der Waals surface area contributed by atoms with Crippen LogP contribution in [0.4, 0.5) is 4.79 Å². The van der Waals surface area contributed by atoms with Crippen LogP contribution in [0.2, 0.25) is 0 Å². The number of aliphatic carboxylic acids is 1. The number of hydrogen-bond donors (Lipinski definition) is 2. The van der Waals surface area contributed by atoms with Crippen LogP contribution in [0.1, 0.15) is 37.7 Å². The number of imide groups is 2. The van der Waals surface area contributed by atoms with Crippen molar-refractivity contribution in [1.82, 2.24) is 10.2 Å². The van der Waals surface area contributed by atoms with Crippen LogP contribution in [0.15, 0.2) is 29.8 Å². The highest BCUT2D eigenvalue weighted by Crippen LogP contribution is 2.26. The van der Waals surface area contributed by atoms with Gasteiger partial charge in [0.2, 0.25) is 0 Å². The Kier molecular flexibility index (Phi) is 5.54. The lowest BCUT2D eigenvalue weighted by Gasteiger charge is -2.35. The van der Waals surface area contributed by atoms with E-state index in [9.17, 15) is 19.2 Å². The number of barbiturate groups is 1. The molecule has 8 nitrogen and oxygen atoms in total. The van der Waals surface area contributed by atoms with E-state index in [1.807, 2.05) is 0 Å². The molecular formula is C19H20N2O6. The zero-order valence-electron chi connectivity index (χ0n) is 14.6. The molecular weight excluding hydrogens is 352 g/mol. The molecule has 1 aromatic carbocycles. The summed E-state index contributed by atoms with van der Waals surface area (Å²) in [6, 6.07) is 5.45. The maximum Gasteiger partial charge on any atom is 0.341 e. The number of carboxylic acid groups (broad SMARTS) is 1. The SMILES string of the molecule is O=C(O)COc1ccc(C=C2C(=O)NC(=O)N(C3CCCCC3)C2=O)cc1. The molecule has 2 N–H and O–H groups in total. The molecule has 0 radical (unpaired) electrons. The Morgan fingerprint density at radius 3 is 2.44 bits per heavy atom. The number of nitrogens with one attached hydrogen (secondary N) is 1. The van der Waals surface area contributed by atoms with Crippen LogP contribution in [0.25, 0.3) is 6.08 Å². The summed E-state index contributed by atoms with van der Waals surface area (Å²) in [4.78, 5) is 48.8. The van der Waals surface area contributed by atoms with Crippen LogP contribution in [0.5, 0.6) is 5.75 Å². The van der Waals surface area contributed by atoms with Crippen molar-refractivity contribution in [2.24, 2.45) is 0 Å². The van der Waals surface area contributed by atoms with Crippen molar-refractivity contribution in [1.29, 1.82) is 0 Å². The number of hydrogen-bond acceptors (Lipinski definition) is 5. The average Bonchev–Trinajstić information content (AvgIpc) is 2.65. The second-order valence-corrected chi connectivity index (χ2v) is 6.54. The smallest absolute Gasteiger partial charge is 0.341 e. The molecule has 0 unspecified atom stereocenters. The molecule has 2 fully saturated rings. The van der Waals surface area contributed by atoms with Crippen LogP contribution in [0, 0.1) is 0 Å². The molecule has 2 aliphatic rings. The molecule has 27 heavy (non-hydrogen) atoms. The highest BCUT2D eigenvalue weighted by Gasteiger charge is 2.40. The van der Waals surface area contributed by atoms with Gasteiger partial charge in [0.05, 0.1) is 0 Å². The molecule has 1 aromatic rings. The lowest BCUT2D eigenvalue weighted by atomic mass is 9.93. The molecule has 1 aliphatic carbocycles. The predicted molar refractivity (Wildman–Crippen MR) is 94.8 cm³/mol. The van der Waals surface area contributed by atoms with Crippen molar-refractivity contribution in [2.75, 3.05) is 6.61 Å². The molecule has 3 rings (SSSR count). The fourth-order valence-corrected chi connectivity index (χ4v) is 3.31. The summed E-state index contributed by atoms with van der Waals surface area (Å²) in [5.41, 5.74) is 0.466. The number of ether oxygens (including phenoxy) is 1. The molecule has 1 aliphatic heterocycles. The fraction of sp³-hybridized carbons (Fsp3) is 0.368. The molecule has 1 heterocycles. The first-order chi connectivity index (χ1) is 13.0. The summed E-state index contributed by atoms with van der Waals surface area (Å²) in [6.45, 7) is -0.459. The number of carbonyl (C=O) groups excluding carboxylic acids is 3. The lowest BCUT2D eigenvalue weighted by Crippen LogP contribution is -2.58. The van der Waals surface area contributed by atoms with Gasteiger partial charge in [-0.05, 0) is 36.6 Å². The number of amides is 4. The standard InChI is InChI=1S/C19H20N2O6/c22-16(23)11-27-14-8-6-12(7-9-14)10-15-17(24)20-19(26)21(18(15)25)13-4-2-1-3-5-13/h6-10,13H,1-5,11H2,(H,22,23)(H,20,24,26). The molecule has 0 bridgehead atoms. The van der Waals surface area contributed by atoms with Gasteiger partial charge in [0, 0.05) is 6.04 Å². The quantitative estimate of drug-likeness (QED) is 0.603. The number of rotatable bonds is 5. The van der Waals surface area contributed by atoms with Gasteiger partial charge in [0.25, 0.3) is 11.8 Å². The number of urea groups is 1. The minimum absolute atomic E-state index is 0.0978. The van der Waals surface area contributed by atoms with E-state index < -0.39 is 30.4 Å². The molecule has 1 saturated carbocycles. The summed E-state index contributed by atoms with van der Waals surface area (Å²) >= 11 is 0. The Morgan fingerprint density at radius 1 is 1.15 bits per heavy atom. The largest absolute Gasteiger partial charge is 0.482 e. The maximum absolute atomic E-state index is 12.8. The maximum atomic E-state index is 12.8. The summed E-state index contributed by atoms with van der Waals surface area (Å²) < 4.78 is 5.05. The van der Waals surface area contributed by atoms with Gasteiger partial charge in [-0.15, -0.1) is 0 Å². The van der Waals surface area contributed by atoms with Gasteiger partial charge < -0.3 is 9.84 Å². The Morgan fingerprint density at radius 2 is 1.81 bits per heavy atom. The number of carbonyl (C=O) groups is 4. The summed E-state index contributed by atoms with van der Waals surface area (Å²) in [7, 11) is 0. The van der Waals surface area contributed by atoms with E-state index >= 15 is 0 Å². The van der Waals surface area contributed by atoms with Crippen molar-refractivity contribution < 1.29 is 29.0 Å². The topological polar surface area (TPSA) is 113 Å². The molecule has 8 heteroatoms. The predicted octanol–water partition coefficient (Wildman–Crippen LogP) is 1.94. The van der Waals surface area contributed by atoms with Gasteiger partial charge in [0.15, 0.2) is 6.61 Å². The Balaban J connectivity index is 1.79. The molecule has 142 valence electrons. The van der Waals surface area contributed by atoms with Gasteiger partial charge in [-0.3, -0.25) is 19.8 Å². The van der Waals surface area contributed by atoms with Crippen molar-refractivity contribution in [3.8, 4) is 5.75 Å². The molecule has 0 spiro atoms. The van der Waals surface area contributed by atoms with Crippen LogP contribution in [0.3, 0.4) is 0 Å². The van der Waals surface area contributed by atoms with E-state index in [2.05, 4.69) is 5.32 Å². The number of nitrogens with zero attached hydrogens (tertiary/aromatic N) is 1. The van der Waals surface area contributed by atoms with E-state index in [-0.39, 0.29) is 11.6 Å². The Labute approximate surface area is 155 Å². The summed E-state index contributed by atoms with van der Waals surface area (Å²) in [6.07, 6.45) is 5.89. The number of carboxylic acids is 1. The van der Waals surface area contributed by atoms with Crippen LogP contribution < -0.4 is 10.1 Å². The normalized spacial score (nSPS) is 19.9. The van der Waals surface area contributed by atoms with Gasteiger partial charge in [-0.2, -0.15) is 0 Å². The third-order valence-corrected chi connectivity index (χ3v) is 4.63. The highest BCUT2D eigenvalue weighted by molar-refractivity contribution is 6.31. The molecule has 4 amide bonds. The van der Waals surface area contributed by atoms with E-state index in [1.54, 1.807) is 24.3 Å². The second kappa shape index (κ2) is 8.03. The average molecular weight is 372 g/mol. The third kappa shape index (κ3) is 4.33. The first-order valence-corrected chi connectivity index (χ1v) is 8.81. The van der Waals surface area contributed by atoms with Crippen molar-refractivity contribution >= 4 is 29.9 Å². The third-order valence-electron chi connectivity index (χ3n) is 4.63. The second-order valence-electron chi connectivity index (χ2n) is 6.54. The van der Waals surface area contributed by atoms with E-state index in [1.165, 1.54) is 6.08 Å². The first kappa shape index (κ1) is 18.6. The Bertz CT molecular complexity index is 793. The lowest BCUT2D eigenvalue weighted by molar-refractivity contribution is -0.139. The zero-order valence-corrected chi connectivity index (χ0v) is 14.6. The van der Waals surface area contributed by atoms with Gasteiger partial charge in [-0.1, -0.05) is 31.4 Å². The van der Waals surface area contributed by atoms with Gasteiger partial charge >= 0.3 is 12.0 Å². The summed E-state index contributed by atoms with van der Waals surface area (Å²) in [5, 5.41) is 10.8. The minimum atomic E-state index is -1.09. The van der Waals surface area contributed by atoms with Gasteiger partial charge in [0.1, 0.15) is 11.3 Å². The zero-order chi connectivity index (χ0) is 19.4. The first-order valence-electron chi connectivity index (χ1n) is 8.81. The van der Waals surface area contributed by atoms with E-state index in [0.717, 1.165) is 37.0 Å². The van der Waals surface area contributed by atoms with Crippen molar-refractivity contribution in [3.05, 3.63) is 35.4 Å². The number of benzene rings is 1. The summed E-state index contributed by atoms with van der Waals surface area (Å²) in [5.74, 6) is -2.03. The minimum Gasteiger partial charge on any atom is -0.482 e. The van der Waals surface area contributed by atoms with Crippen LogP contribution in [-0.2, 0) is 14.4 Å².